The van der Waals surface area contributed by atoms with Crippen LogP contribution in [0.15, 0.2) is 70.7 Å². The quantitative estimate of drug-likeness (QED) is 0.789. The summed E-state index contributed by atoms with van der Waals surface area (Å²) in [5.41, 5.74) is 2.22. The van der Waals surface area contributed by atoms with Gasteiger partial charge in [-0.2, -0.15) is 4.39 Å². The van der Waals surface area contributed by atoms with Gasteiger partial charge in [0.25, 0.3) is 0 Å². The second-order valence-corrected chi connectivity index (χ2v) is 6.01. The van der Waals surface area contributed by atoms with Gasteiger partial charge in [0.05, 0.1) is 0 Å². The number of hydrogen-bond acceptors (Lipinski definition) is 1. The number of halogens is 1. The summed E-state index contributed by atoms with van der Waals surface area (Å²) in [6.07, 6.45) is 2.72. The van der Waals surface area contributed by atoms with Crippen molar-refractivity contribution in [3.8, 4) is 0 Å². The molecule has 3 heteroatoms. The zero-order valence-electron chi connectivity index (χ0n) is 11.4. The largest absolute Gasteiger partial charge is 0.247 e. The van der Waals surface area contributed by atoms with Crippen molar-refractivity contribution in [1.29, 1.82) is 0 Å². The van der Waals surface area contributed by atoms with Gasteiger partial charge in [0.15, 0.2) is 5.16 Å². The van der Waals surface area contributed by atoms with E-state index in [1.807, 2.05) is 49.4 Å². The summed E-state index contributed by atoms with van der Waals surface area (Å²) in [6, 6.07) is 17.0. The first-order valence-corrected chi connectivity index (χ1v) is 7.70. The van der Waals surface area contributed by atoms with Gasteiger partial charge < -0.3 is 0 Å². The molecule has 0 aliphatic heterocycles. The molecule has 0 radical (unpaired) electrons. The van der Waals surface area contributed by atoms with Crippen LogP contribution in [-0.2, 0) is 17.2 Å². The molecule has 0 heterocycles. The van der Waals surface area contributed by atoms with Crippen LogP contribution in [-0.4, -0.2) is 4.21 Å². The van der Waals surface area contributed by atoms with Crippen LogP contribution in [0.3, 0.4) is 0 Å². The summed E-state index contributed by atoms with van der Waals surface area (Å²) in [7, 11) is -1.70. The van der Waals surface area contributed by atoms with E-state index < -0.39 is 16.0 Å². The molecule has 0 aliphatic carbocycles. The van der Waals surface area contributed by atoms with Gasteiger partial charge in [0.2, 0.25) is 0 Å². The van der Waals surface area contributed by atoms with Gasteiger partial charge in [0, 0.05) is 4.90 Å². The van der Waals surface area contributed by atoms with Crippen molar-refractivity contribution in [1.82, 2.24) is 0 Å². The van der Waals surface area contributed by atoms with E-state index in [0.29, 0.717) is 11.3 Å². The molecular weight excluding hydrogens is 271 g/mol. The second kappa shape index (κ2) is 7.15. The zero-order valence-corrected chi connectivity index (χ0v) is 12.2. The smallest absolute Gasteiger partial charge is 0.187 e. The number of hydrogen-bond donors (Lipinski definition) is 0. The first-order valence-electron chi connectivity index (χ1n) is 6.55. The molecule has 0 unspecified atom stereocenters. The van der Waals surface area contributed by atoms with Crippen molar-refractivity contribution in [2.24, 2.45) is 0 Å². The number of allylic oxidation sites excluding steroid dienone is 1. The molecule has 1 nitrogen and oxygen atoms in total. The Morgan fingerprint density at radius 1 is 1.10 bits per heavy atom. The highest BCUT2D eigenvalue weighted by atomic mass is 32.2. The van der Waals surface area contributed by atoms with Crippen LogP contribution >= 0.6 is 0 Å². The average Bonchev–Trinajstić information content (AvgIpc) is 2.48. The molecule has 2 aromatic carbocycles. The normalized spacial score (nSPS) is 13.2. The van der Waals surface area contributed by atoms with Gasteiger partial charge in [-0.25, -0.2) is 4.21 Å². The minimum atomic E-state index is -1.70. The van der Waals surface area contributed by atoms with Crippen LogP contribution in [0.5, 0.6) is 0 Å². The van der Waals surface area contributed by atoms with Crippen LogP contribution < -0.4 is 0 Å². The highest BCUT2D eigenvalue weighted by Gasteiger charge is 2.09. The summed E-state index contributed by atoms with van der Waals surface area (Å²) in [4.78, 5) is 0.504. The van der Waals surface area contributed by atoms with Gasteiger partial charge in [-0.1, -0.05) is 48.0 Å². The molecule has 0 saturated carbocycles. The van der Waals surface area contributed by atoms with E-state index in [2.05, 4.69) is 0 Å². The van der Waals surface area contributed by atoms with Crippen molar-refractivity contribution in [2.75, 3.05) is 0 Å². The molecule has 2 rings (SSSR count). The van der Waals surface area contributed by atoms with Crippen molar-refractivity contribution in [3.05, 3.63) is 77.0 Å². The lowest BCUT2D eigenvalue weighted by molar-refractivity contribution is 0.646. The van der Waals surface area contributed by atoms with Crippen molar-refractivity contribution in [3.63, 3.8) is 0 Å². The molecule has 0 aromatic heterocycles. The average molecular weight is 288 g/mol. The van der Waals surface area contributed by atoms with Crippen LogP contribution in [0.4, 0.5) is 4.39 Å². The summed E-state index contributed by atoms with van der Waals surface area (Å²) >= 11 is 0. The third-order valence-corrected chi connectivity index (χ3v) is 4.21. The van der Waals surface area contributed by atoms with E-state index >= 15 is 0 Å². The fourth-order valence-corrected chi connectivity index (χ4v) is 2.72. The van der Waals surface area contributed by atoms with Crippen LogP contribution in [0.2, 0.25) is 0 Å². The van der Waals surface area contributed by atoms with Gasteiger partial charge in [-0.05, 0) is 43.5 Å². The van der Waals surface area contributed by atoms with E-state index in [4.69, 9.17) is 0 Å². The predicted molar refractivity (Wildman–Crippen MR) is 81.5 cm³/mol. The van der Waals surface area contributed by atoms with Crippen molar-refractivity contribution in [2.45, 2.75) is 24.7 Å². The summed E-state index contributed by atoms with van der Waals surface area (Å²) in [6.45, 7) is 1.94. The van der Waals surface area contributed by atoms with Gasteiger partial charge in [-0.15, -0.1) is 0 Å². The molecule has 0 spiro atoms. The Morgan fingerprint density at radius 3 is 2.40 bits per heavy atom. The molecule has 0 fully saturated rings. The van der Waals surface area contributed by atoms with Crippen LogP contribution in [0.25, 0.3) is 0 Å². The minimum absolute atomic E-state index is 0.504. The van der Waals surface area contributed by atoms with Crippen LogP contribution in [0.1, 0.15) is 17.5 Å². The Morgan fingerprint density at radius 2 is 1.75 bits per heavy atom. The first kappa shape index (κ1) is 14.7. The SMILES string of the molecule is Cc1ccc([S@](=O)/C(F)=C/CCc2ccccc2)cc1. The molecule has 0 N–H and O–H groups in total. The molecular formula is C17H17FOS. The summed E-state index contributed by atoms with van der Waals surface area (Å²) < 4.78 is 25.8. The Bertz CT molecular complexity index is 603. The predicted octanol–water partition coefficient (Wildman–Crippen LogP) is 4.55. The maximum absolute atomic E-state index is 13.8. The van der Waals surface area contributed by atoms with Crippen molar-refractivity contribution < 1.29 is 8.60 Å². The number of rotatable bonds is 5. The van der Waals surface area contributed by atoms with E-state index in [9.17, 15) is 8.60 Å². The van der Waals surface area contributed by atoms with E-state index in [1.54, 1.807) is 12.1 Å². The standard InChI is InChI=1S/C17H17FOS/c1-14-10-12-16(13-11-14)20(19)17(18)9-5-8-15-6-3-2-4-7-15/h2-4,6-7,9-13H,5,8H2,1H3/b17-9+/t20-/m0/s1. The second-order valence-electron chi connectivity index (χ2n) is 4.61. The molecule has 1 atom stereocenters. The molecule has 104 valence electrons. The van der Waals surface area contributed by atoms with Gasteiger partial charge >= 0.3 is 0 Å². The number of aryl methyl sites for hydroxylation is 2. The van der Waals surface area contributed by atoms with Crippen LogP contribution in [0, 0.1) is 6.92 Å². The Kier molecular flexibility index (Phi) is 5.24. The molecule has 0 amide bonds. The lowest BCUT2D eigenvalue weighted by Crippen LogP contribution is -1.92. The maximum atomic E-state index is 13.8. The minimum Gasteiger partial charge on any atom is -0.247 e. The molecule has 2 aromatic rings. The lowest BCUT2D eigenvalue weighted by atomic mass is 10.1. The van der Waals surface area contributed by atoms with E-state index in [1.165, 1.54) is 6.08 Å². The maximum Gasteiger partial charge on any atom is 0.187 e. The highest BCUT2D eigenvalue weighted by Crippen LogP contribution is 2.17. The monoisotopic (exact) mass is 288 g/mol. The number of benzene rings is 2. The van der Waals surface area contributed by atoms with Gasteiger partial charge in [0.1, 0.15) is 10.8 Å². The summed E-state index contributed by atoms with van der Waals surface area (Å²) in [5, 5.41) is -0.565. The third-order valence-electron chi connectivity index (χ3n) is 2.99. The summed E-state index contributed by atoms with van der Waals surface area (Å²) in [5.74, 6) is 0. The third kappa shape index (κ3) is 4.14. The molecule has 20 heavy (non-hydrogen) atoms. The van der Waals surface area contributed by atoms with Crippen molar-refractivity contribution >= 4 is 10.8 Å². The molecule has 0 bridgehead atoms. The highest BCUT2D eigenvalue weighted by molar-refractivity contribution is 7.88. The zero-order chi connectivity index (χ0) is 14.4. The molecule has 0 aliphatic rings. The van der Waals surface area contributed by atoms with E-state index in [0.717, 1.165) is 17.5 Å². The fraction of sp³-hybridized carbons (Fsp3) is 0.176. The Labute approximate surface area is 121 Å². The van der Waals surface area contributed by atoms with Gasteiger partial charge in [-0.3, -0.25) is 0 Å². The fourth-order valence-electron chi connectivity index (χ4n) is 1.85. The Balaban J connectivity index is 1.96. The Hall–Kier alpha value is -1.74. The van der Waals surface area contributed by atoms with E-state index in [-0.39, 0.29) is 0 Å². The first-order chi connectivity index (χ1) is 9.66. The lowest BCUT2D eigenvalue weighted by Gasteiger charge is -2.01. The molecule has 0 saturated heterocycles. The topological polar surface area (TPSA) is 17.1 Å².